The van der Waals surface area contributed by atoms with E-state index in [1.165, 1.54) is 0 Å². The molecular formula is C32H26N6S2Zn+2. The Morgan fingerprint density at radius 3 is 0.854 bits per heavy atom. The van der Waals surface area contributed by atoms with Crippen LogP contribution in [0.1, 0.15) is 0 Å². The molecule has 0 saturated heterocycles. The zero-order valence-electron chi connectivity index (χ0n) is 22.8. The maximum atomic E-state index is 4.68. The van der Waals surface area contributed by atoms with E-state index in [4.69, 9.17) is 0 Å². The average molecular weight is 624 g/mol. The van der Waals surface area contributed by atoms with Gasteiger partial charge in [0, 0.05) is 34.6 Å². The van der Waals surface area contributed by atoms with Crippen molar-refractivity contribution in [2.24, 2.45) is 0 Å². The number of pyridine rings is 6. The van der Waals surface area contributed by atoms with E-state index < -0.39 is 0 Å². The van der Waals surface area contributed by atoms with Crippen molar-refractivity contribution in [3.63, 3.8) is 0 Å². The van der Waals surface area contributed by atoms with E-state index in [0.29, 0.717) is 0 Å². The fourth-order valence-corrected chi connectivity index (χ4v) is 4.75. The van der Waals surface area contributed by atoms with E-state index in [-0.39, 0.29) is 19.5 Å². The zero-order chi connectivity index (χ0) is 27.6. The van der Waals surface area contributed by atoms with Gasteiger partial charge in [-0.2, -0.15) is 0 Å². The molecule has 0 saturated carbocycles. The van der Waals surface area contributed by atoms with Crippen molar-refractivity contribution >= 4 is 23.5 Å². The molecule has 0 aromatic carbocycles. The number of hydrogen-bond donors (Lipinski definition) is 0. The molecule has 6 nitrogen and oxygen atoms in total. The molecule has 6 aromatic rings. The third-order valence-corrected chi connectivity index (χ3v) is 7.19. The second kappa shape index (κ2) is 15.3. The smallest absolute Gasteiger partial charge is 0.255 e. The Balaban J connectivity index is 0.000000184. The molecule has 0 aliphatic rings. The molecule has 0 aliphatic heterocycles. The van der Waals surface area contributed by atoms with Crippen LogP contribution in [0.3, 0.4) is 0 Å². The van der Waals surface area contributed by atoms with Gasteiger partial charge in [0.15, 0.2) is 0 Å². The van der Waals surface area contributed by atoms with E-state index >= 15 is 0 Å². The van der Waals surface area contributed by atoms with Crippen LogP contribution in [0.4, 0.5) is 0 Å². The summed E-state index contributed by atoms with van der Waals surface area (Å²) >= 11 is 3.38. The molecular weight excluding hydrogens is 598 g/mol. The van der Waals surface area contributed by atoms with E-state index in [9.17, 15) is 0 Å². The predicted octanol–water partition coefficient (Wildman–Crippen LogP) is 7.85. The van der Waals surface area contributed by atoms with Gasteiger partial charge in [-0.15, -0.1) is 23.5 Å². The summed E-state index contributed by atoms with van der Waals surface area (Å²) in [7, 11) is 0. The molecule has 196 valence electrons. The number of hydrogen-bond acceptors (Lipinski definition) is 8. The van der Waals surface area contributed by atoms with Crippen LogP contribution in [0.5, 0.6) is 0 Å². The molecule has 0 N–H and O–H groups in total. The molecule has 0 atom stereocenters. The number of rotatable bonds is 6. The van der Waals surface area contributed by atoms with Crippen LogP contribution in [-0.4, -0.2) is 42.4 Å². The Morgan fingerprint density at radius 1 is 0.390 bits per heavy atom. The first-order valence-electron chi connectivity index (χ1n) is 12.5. The fourth-order valence-electron chi connectivity index (χ4n) is 3.83. The minimum atomic E-state index is 0. The van der Waals surface area contributed by atoms with Gasteiger partial charge in [0.1, 0.15) is 0 Å². The molecule has 0 fully saturated rings. The Hall–Kier alpha value is -3.78. The molecule has 6 heterocycles. The first kappa shape index (κ1) is 30.2. The number of aromatic nitrogens is 6. The minimum absolute atomic E-state index is 0. The summed E-state index contributed by atoms with van der Waals surface area (Å²) in [4.78, 5) is 29.1. The molecule has 41 heavy (non-hydrogen) atoms. The molecule has 9 heteroatoms. The average Bonchev–Trinajstić information content (AvgIpc) is 3.06. The maximum absolute atomic E-state index is 4.68. The number of thioether (sulfide) groups is 2. The molecule has 0 unspecified atom stereocenters. The Labute approximate surface area is 261 Å². The van der Waals surface area contributed by atoms with Gasteiger partial charge in [-0.3, -0.25) is 19.9 Å². The summed E-state index contributed by atoms with van der Waals surface area (Å²) in [5.74, 6) is 0. The molecule has 0 bridgehead atoms. The van der Waals surface area contributed by atoms with Gasteiger partial charge in [-0.25, -0.2) is 9.97 Å². The van der Waals surface area contributed by atoms with E-state index in [2.05, 4.69) is 66.7 Å². The molecule has 0 amide bonds. The number of nitrogens with zero attached hydrogens (tertiary/aromatic N) is 6. The fraction of sp³-hybridized carbons (Fsp3) is 0.0625. The standard InChI is InChI=1S/2C16H13N3S.Zn/c2*1-20-12-10-15(13-6-2-4-8-17-13)19-16(11-12)14-7-3-5-9-18-14;/h2*2-11H,1H3;/q;;+2. The van der Waals surface area contributed by atoms with Crippen molar-refractivity contribution in [1.29, 1.82) is 0 Å². The van der Waals surface area contributed by atoms with Crippen LogP contribution in [0.15, 0.2) is 132 Å². The summed E-state index contributed by atoms with van der Waals surface area (Å²) in [5.41, 5.74) is 7.00. The summed E-state index contributed by atoms with van der Waals surface area (Å²) in [6, 6.07) is 31.6. The largest absolute Gasteiger partial charge is 2.00 e. The topological polar surface area (TPSA) is 77.3 Å². The molecule has 0 radical (unpaired) electrons. The van der Waals surface area contributed by atoms with E-state index in [0.717, 1.165) is 55.3 Å². The third kappa shape index (κ3) is 8.13. The molecule has 6 aromatic heterocycles. The van der Waals surface area contributed by atoms with Gasteiger partial charge < -0.3 is 0 Å². The summed E-state index contributed by atoms with van der Waals surface area (Å²) in [6.07, 6.45) is 11.2. The van der Waals surface area contributed by atoms with Gasteiger partial charge in [-0.1, -0.05) is 24.3 Å². The summed E-state index contributed by atoms with van der Waals surface area (Å²) < 4.78 is 0. The van der Waals surface area contributed by atoms with Gasteiger partial charge >= 0.3 is 19.5 Å². The Bertz CT molecular complexity index is 1420. The molecule has 6 rings (SSSR count). The predicted molar refractivity (Wildman–Crippen MR) is 165 cm³/mol. The van der Waals surface area contributed by atoms with Crippen LogP contribution in [0.2, 0.25) is 0 Å². The van der Waals surface area contributed by atoms with Gasteiger partial charge in [0.25, 0.3) is 0 Å². The van der Waals surface area contributed by atoms with Gasteiger partial charge in [0.05, 0.1) is 45.6 Å². The van der Waals surface area contributed by atoms with Crippen molar-refractivity contribution in [3.8, 4) is 45.6 Å². The monoisotopic (exact) mass is 622 g/mol. The summed E-state index contributed by atoms with van der Waals surface area (Å²) in [6.45, 7) is 0. The van der Waals surface area contributed by atoms with Crippen molar-refractivity contribution in [1.82, 2.24) is 29.9 Å². The van der Waals surface area contributed by atoms with E-state index in [1.807, 2.05) is 72.8 Å². The third-order valence-electron chi connectivity index (χ3n) is 5.78. The van der Waals surface area contributed by atoms with Crippen molar-refractivity contribution in [3.05, 3.63) is 122 Å². The molecule has 0 aliphatic carbocycles. The van der Waals surface area contributed by atoms with Gasteiger partial charge in [0.2, 0.25) is 0 Å². The quantitative estimate of drug-likeness (QED) is 0.137. The second-order valence-electron chi connectivity index (χ2n) is 8.41. The van der Waals surface area contributed by atoms with Gasteiger partial charge in [-0.05, 0) is 85.3 Å². The Kier molecular flexibility index (Phi) is 11.3. The normalized spacial score (nSPS) is 10.2. The van der Waals surface area contributed by atoms with Crippen LogP contribution in [0, 0.1) is 0 Å². The van der Waals surface area contributed by atoms with E-state index in [1.54, 1.807) is 48.3 Å². The second-order valence-corrected chi connectivity index (χ2v) is 10.2. The first-order valence-corrected chi connectivity index (χ1v) is 15.0. The van der Waals surface area contributed by atoms with Crippen LogP contribution >= 0.6 is 23.5 Å². The van der Waals surface area contributed by atoms with Crippen molar-refractivity contribution < 1.29 is 19.5 Å². The minimum Gasteiger partial charge on any atom is -0.255 e. The Morgan fingerprint density at radius 2 is 0.659 bits per heavy atom. The van der Waals surface area contributed by atoms with Crippen molar-refractivity contribution in [2.75, 3.05) is 12.5 Å². The first-order chi connectivity index (χ1) is 19.7. The summed E-state index contributed by atoms with van der Waals surface area (Å²) in [5, 5.41) is 0. The van der Waals surface area contributed by atoms with Crippen LogP contribution < -0.4 is 0 Å². The zero-order valence-corrected chi connectivity index (χ0v) is 27.4. The van der Waals surface area contributed by atoms with Crippen LogP contribution in [-0.2, 0) is 19.5 Å². The molecule has 0 spiro atoms. The van der Waals surface area contributed by atoms with Crippen molar-refractivity contribution in [2.45, 2.75) is 9.79 Å². The van der Waals surface area contributed by atoms with Crippen LogP contribution in [0.25, 0.3) is 45.6 Å². The maximum Gasteiger partial charge on any atom is 2.00 e. The SMILES string of the molecule is CSc1cc(-c2ccccn2)nc(-c2ccccn2)c1.CSc1cc(-c2ccccn2)nc(-c2ccccn2)c1.[Zn+2].